The van der Waals surface area contributed by atoms with E-state index in [0.29, 0.717) is 0 Å². The Morgan fingerprint density at radius 2 is 1.80 bits per heavy atom. The SMILES string of the molecule is COC(C)(C)Cc1ccccc1C1(CN)CCCCC1. The molecule has 1 aliphatic rings. The smallest absolute Gasteiger partial charge is 0.0663 e. The van der Waals surface area contributed by atoms with Crippen LogP contribution in [0.25, 0.3) is 0 Å². The van der Waals surface area contributed by atoms with Gasteiger partial charge in [-0.3, -0.25) is 0 Å². The average molecular weight is 275 g/mol. The van der Waals surface area contributed by atoms with E-state index in [2.05, 4.69) is 38.1 Å². The molecular formula is C18H29NO. The molecule has 2 heteroatoms. The van der Waals surface area contributed by atoms with Crippen molar-refractivity contribution in [3.05, 3.63) is 35.4 Å². The summed E-state index contributed by atoms with van der Waals surface area (Å²) in [5, 5.41) is 0. The maximum absolute atomic E-state index is 6.20. The Morgan fingerprint density at radius 3 is 2.40 bits per heavy atom. The van der Waals surface area contributed by atoms with Crippen molar-refractivity contribution in [2.75, 3.05) is 13.7 Å². The van der Waals surface area contributed by atoms with Crippen molar-refractivity contribution in [1.82, 2.24) is 0 Å². The van der Waals surface area contributed by atoms with Crippen molar-refractivity contribution < 1.29 is 4.74 Å². The first kappa shape index (κ1) is 15.5. The zero-order chi connectivity index (χ0) is 14.6. The lowest BCUT2D eigenvalue weighted by atomic mass is 9.67. The van der Waals surface area contributed by atoms with Crippen LogP contribution in [0.2, 0.25) is 0 Å². The van der Waals surface area contributed by atoms with Crippen LogP contribution in [0.3, 0.4) is 0 Å². The molecule has 112 valence electrons. The van der Waals surface area contributed by atoms with Crippen molar-refractivity contribution in [3.63, 3.8) is 0 Å². The topological polar surface area (TPSA) is 35.2 Å². The molecule has 0 saturated heterocycles. The quantitative estimate of drug-likeness (QED) is 0.886. The fourth-order valence-electron chi connectivity index (χ4n) is 3.53. The van der Waals surface area contributed by atoms with Gasteiger partial charge in [0, 0.05) is 25.5 Å². The van der Waals surface area contributed by atoms with Crippen molar-refractivity contribution in [1.29, 1.82) is 0 Å². The largest absolute Gasteiger partial charge is 0.378 e. The number of hydrogen-bond acceptors (Lipinski definition) is 2. The van der Waals surface area contributed by atoms with Crippen molar-refractivity contribution >= 4 is 0 Å². The van der Waals surface area contributed by atoms with E-state index >= 15 is 0 Å². The molecular weight excluding hydrogens is 246 g/mol. The highest BCUT2D eigenvalue weighted by atomic mass is 16.5. The first-order valence-electron chi connectivity index (χ1n) is 7.87. The standard InChI is InChI=1S/C18H29NO/c1-17(2,20-3)13-15-9-5-6-10-16(15)18(14-19)11-7-4-8-12-18/h5-6,9-10H,4,7-8,11-14,19H2,1-3H3. The molecule has 2 N–H and O–H groups in total. The van der Waals surface area contributed by atoms with Crippen LogP contribution >= 0.6 is 0 Å². The van der Waals surface area contributed by atoms with Gasteiger partial charge in [-0.05, 0) is 37.8 Å². The maximum atomic E-state index is 6.20. The average Bonchev–Trinajstić information content (AvgIpc) is 2.48. The van der Waals surface area contributed by atoms with Crippen LogP contribution < -0.4 is 5.73 Å². The molecule has 0 heterocycles. The molecule has 1 fully saturated rings. The Labute approximate surface area is 123 Å². The van der Waals surface area contributed by atoms with Crippen molar-refractivity contribution in [3.8, 4) is 0 Å². The Bertz CT molecular complexity index is 433. The summed E-state index contributed by atoms with van der Waals surface area (Å²) in [6.07, 6.45) is 7.37. The maximum Gasteiger partial charge on any atom is 0.0663 e. The van der Waals surface area contributed by atoms with Crippen LogP contribution in [0.5, 0.6) is 0 Å². The molecule has 0 unspecified atom stereocenters. The Hall–Kier alpha value is -0.860. The van der Waals surface area contributed by atoms with Crippen LogP contribution in [0.15, 0.2) is 24.3 Å². The fraction of sp³-hybridized carbons (Fsp3) is 0.667. The van der Waals surface area contributed by atoms with Gasteiger partial charge in [-0.15, -0.1) is 0 Å². The van der Waals surface area contributed by atoms with E-state index in [1.165, 1.54) is 43.2 Å². The number of ether oxygens (including phenoxy) is 1. The zero-order valence-corrected chi connectivity index (χ0v) is 13.2. The van der Waals surface area contributed by atoms with Gasteiger partial charge in [-0.1, -0.05) is 43.5 Å². The second-order valence-electron chi connectivity index (χ2n) is 6.84. The van der Waals surface area contributed by atoms with Crippen LogP contribution in [-0.2, 0) is 16.6 Å². The highest BCUT2D eigenvalue weighted by Gasteiger charge is 2.34. The van der Waals surface area contributed by atoms with Gasteiger partial charge < -0.3 is 10.5 Å². The van der Waals surface area contributed by atoms with Gasteiger partial charge in [-0.25, -0.2) is 0 Å². The Balaban J connectivity index is 2.35. The first-order valence-corrected chi connectivity index (χ1v) is 7.87. The van der Waals surface area contributed by atoms with Crippen LogP contribution in [0.4, 0.5) is 0 Å². The number of hydrogen-bond donors (Lipinski definition) is 1. The fourth-order valence-corrected chi connectivity index (χ4v) is 3.53. The van der Waals surface area contributed by atoms with Gasteiger partial charge in [0.25, 0.3) is 0 Å². The van der Waals surface area contributed by atoms with Crippen LogP contribution in [0, 0.1) is 0 Å². The molecule has 0 spiro atoms. The third-order valence-electron chi connectivity index (χ3n) is 4.96. The molecule has 1 aliphatic carbocycles. The molecule has 0 aromatic heterocycles. The summed E-state index contributed by atoms with van der Waals surface area (Å²) in [5.41, 5.74) is 9.15. The summed E-state index contributed by atoms with van der Waals surface area (Å²) in [7, 11) is 1.79. The highest BCUT2D eigenvalue weighted by molar-refractivity contribution is 5.36. The number of nitrogens with two attached hydrogens (primary N) is 1. The molecule has 0 atom stereocenters. The number of methoxy groups -OCH3 is 1. The normalized spacial score (nSPS) is 19.0. The lowest BCUT2D eigenvalue weighted by molar-refractivity contribution is 0.0227. The summed E-state index contributed by atoms with van der Waals surface area (Å²) >= 11 is 0. The molecule has 2 rings (SSSR count). The van der Waals surface area contributed by atoms with Gasteiger partial charge in [0.1, 0.15) is 0 Å². The van der Waals surface area contributed by atoms with E-state index in [1.54, 1.807) is 7.11 Å². The van der Waals surface area contributed by atoms with E-state index in [9.17, 15) is 0 Å². The van der Waals surface area contributed by atoms with Crippen molar-refractivity contribution in [2.24, 2.45) is 5.73 Å². The molecule has 0 bridgehead atoms. The third kappa shape index (κ3) is 3.24. The van der Waals surface area contributed by atoms with E-state index < -0.39 is 0 Å². The van der Waals surface area contributed by atoms with E-state index in [-0.39, 0.29) is 11.0 Å². The Morgan fingerprint density at radius 1 is 1.15 bits per heavy atom. The molecule has 0 radical (unpaired) electrons. The minimum absolute atomic E-state index is 0.124. The van der Waals surface area contributed by atoms with Gasteiger partial charge in [0.15, 0.2) is 0 Å². The summed E-state index contributed by atoms with van der Waals surface area (Å²) < 4.78 is 5.62. The van der Waals surface area contributed by atoms with Crippen LogP contribution in [0.1, 0.15) is 57.1 Å². The summed E-state index contributed by atoms with van der Waals surface area (Å²) in [4.78, 5) is 0. The van der Waals surface area contributed by atoms with E-state index in [0.717, 1.165) is 13.0 Å². The molecule has 1 aromatic carbocycles. The zero-order valence-electron chi connectivity index (χ0n) is 13.2. The lowest BCUT2D eigenvalue weighted by Gasteiger charge is -2.39. The predicted octanol–water partition coefficient (Wildman–Crippen LogP) is 3.81. The van der Waals surface area contributed by atoms with E-state index in [4.69, 9.17) is 10.5 Å². The molecule has 0 amide bonds. The van der Waals surface area contributed by atoms with Gasteiger partial charge >= 0.3 is 0 Å². The second-order valence-corrected chi connectivity index (χ2v) is 6.84. The second kappa shape index (κ2) is 6.28. The van der Waals surface area contributed by atoms with Crippen molar-refractivity contribution in [2.45, 2.75) is 63.4 Å². The minimum atomic E-state index is -0.124. The molecule has 2 nitrogen and oxygen atoms in total. The van der Waals surface area contributed by atoms with E-state index in [1.807, 2.05) is 0 Å². The summed E-state index contributed by atoms with van der Waals surface area (Å²) in [5.74, 6) is 0. The van der Waals surface area contributed by atoms with Gasteiger partial charge in [0.2, 0.25) is 0 Å². The summed E-state index contributed by atoms with van der Waals surface area (Å²) in [6, 6.07) is 8.84. The third-order valence-corrected chi connectivity index (χ3v) is 4.96. The minimum Gasteiger partial charge on any atom is -0.378 e. The first-order chi connectivity index (χ1) is 9.53. The highest BCUT2D eigenvalue weighted by Crippen LogP contribution is 2.40. The molecule has 1 aromatic rings. The monoisotopic (exact) mass is 275 g/mol. The molecule has 20 heavy (non-hydrogen) atoms. The van der Waals surface area contributed by atoms with Gasteiger partial charge in [0.05, 0.1) is 5.60 Å². The number of rotatable bonds is 5. The number of benzene rings is 1. The lowest BCUT2D eigenvalue weighted by Crippen LogP contribution is -2.39. The van der Waals surface area contributed by atoms with Crippen LogP contribution in [-0.4, -0.2) is 19.3 Å². The predicted molar refractivity (Wildman–Crippen MR) is 85.1 cm³/mol. The van der Waals surface area contributed by atoms with Gasteiger partial charge in [-0.2, -0.15) is 0 Å². The molecule has 1 saturated carbocycles. The molecule has 0 aliphatic heterocycles. The summed E-state index contributed by atoms with van der Waals surface area (Å²) in [6.45, 7) is 5.07. The Kier molecular flexibility index (Phi) is 4.87.